The summed E-state index contributed by atoms with van der Waals surface area (Å²) < 4.78 is 5.53. The van der Waals surface area contributed by atoms with Crippen LogP contribution in [0.25, 0.3) is 10.9 Å². The van der Waals surface area contributed by atoms with Crippen LogP contribution in [0, 0.1) is 0 Å². The molecule has 1 aromatic carbocycles. The number of fused-ring (bicyclic) bond motifs is 1. The van der Waals surface area contributed by atoms with Crippen LogP contribution < -0.4 is 5.56 Å². The van der Waals surface area contributed by atoms with Gasteiger partial charge in [-0.05, 0) is 30.5 Å². The van der Waals surface area contributed by atoms with Crippen molar-refractivity contribution in [2.24, 2.45) is 0 Å². The van der Waals surface area contributed by atoms with E-state index in [4.69, 9.17) is 4.42 Å². The number of hydrogen-bond acceptors (Lipinski definition) is 5. The van der Waals surface area contributed by atoms with Gasteiger partial charge in [0.2, 0.25) is 0 Å². The molecule has 0 fully saturated rings. The van der Waals surface area contributed by atoms with Crippen LogP contribution in [-0.4, -0.2) is 34.1 Å². The summed E-state index contributed by atoms with van der Waals surface area (Å²) in [6.45, 7) is 0.192. The number of nitrogens with zero attached hydrogens (tertiary/aromatic N) is 2. The zero-order chi connectivity index (χ0) is 17.1. The molecular formula is C17H17N3O3S. The number of carbonyl (C=O) groups is 1. The van der Waals surface area contributed by atoms with Gasteiger partial charge in [-0.1, -0.05) is 12.1 Å². The molecule has 6 nitrogen and oxygen atoms in total. The van der Waals surface area contributed by atoms with Gasteiger partial charge in [-0.15, -0.1) is 0 Å². The maximum atomic E-state index is 12.4. The third-order valence-electron chi connectivity index (χ3n) is 3.55. The van der Waals surface area contributed by atoms with Crippen LogP contribution in [-0.2, 0) is 12.3 Å². The second-order valence-corrected chi connectivity index (χ2v) is 6.26. The number of H-pyrrole nitrogens is 1. The molecule has 0 bridgehead atoms. The molecule has 0 saturated heterocycles. The molecule has 124 valence electrons. The molecule has 0 radical (unpaired) electrons. The first kappa shape index (κ1) is 16.3. The maximum Gasteiger partial charge on any atom is 0.289 e. The summed E-state index contributed by atoms with van der Waals surface area (Å²) >= 11 is 1.63. The highest BCUT2D eigenvalue weighted by molar-refractivity contribution is 7.97. The quantitative estimate of drug-likeness (QED) is 0.770. The monoisotopic (exact) mass is 343 g/mol. The molecule has 24 heavy (non-hydrogen) atoms. The summed E-state index contributed by atoms with van der Waals surface area (Å²) in [5.41, 5.74) is 0.397. The number of furan rings is 1. The number of para-hydroxylation sites is 1. The Morgan fingerprint density at radius 2 is 2.08 bits per heavy atom. The van der Waals surface area contributed by atoms with E-state index in [1.54, 1.807) is 49.1 Å². The number of rotatable bonds is 5. The van der Waals surface area contributed by atoms with Gasteiger partial charge >= 0.3 is 0 Å². The van der Waals surface area contributed by atoms with Crippen LogP contribution in [0.15, 0.2) is 45.6 Å². The van der Waals surface area contributed by atoms with Gasteiger partial charge < -0.3 is 14.3 Å². The Kier molecular flexibility index (Phi) is 4.71. The van der Waals surface area contributed by atoms with Gasteiger partial charge in [0.1, 0.15) is 11.6 Å². The number of carbonyl (C=O) groups excluding carboxylic acids is 1. The fourth-order valence-corrected chi connectivity index (χ4v) is 2.85. The molecule has 0 spiro atoms. The Morgan fingerprint density at radius 3 is 2.88 bits per heavy atom. The van der Waals surface area contributed by atoms with Crippen LogP contribution in [0.3, 0.4) is 0 Å². The van der Waals surface area contributed by atoms with E-state index in [9.17, 15) is 9.59 Å². The second-order valence-electron chi connectivity index (χ2n) is 5.39. The fraction of sp³-hybridized carbons (Fsp3) is 0.235. The van der Waals surface area contributed by atoms with Crippen LogP contribution >= 0.6 is 11.8 Å². The van der Waals surface area contributed by atoms with E-state index >= 15 is 0 Å². The Bertz CT molecular complexity index is 932. The third-order valence-corrected chi connectivity index (χ3v) is 4.13. The van der Waals surface area contributed by atoms with Gasteiger partial charge in [0.15, 0.2) is 5.76 Å². The van der Waals surface area contributed by atoms with Gasteiger partial charge in [0, 0.05) is 7.05 Å². The first-order valence-electron chi connectivity index (χ1n) is 7.39. The van der Waals surface area contributed by atoms with E-state index in [1.165, 1.54) is 4.90 Å². The van der Waals surface area contributed by atoms with Crippen molar-refractivity contribution in [2.75, 3.05) is 13.3 Å². The third kappa shape index (κ3) is 3.35. The van der Waals surface area contributed by atoms with E-state index in [1.807, 2.05) is 12.3 Å². The summed E-state index contributed by atoms with van der Waals surface area (Å²) in [5.74, 6) is 1.95. The topological polar surface area (TPSA) is 79.2 Å². The number of aromatic nitrogens is 2. The highest BCUT2D eigenvalue weighted by Crippen LogP contribution is 2.15. The van der Waals surface area contributed by atoms with E-state index < -0.39 is 0 Å². The molecule has 3 aromatic rings. The van der Waals surface area contributed by atoms with Crippen LogP contribution in [0.1, 0.15) is 22.1 Å². The molecule has 7 heteroatoms. The average molecular weight is 343 g/mol. The molecule has 2 aromatic heterocycles. The Morgan fingerprint density at radius 1 is 1.29 bits per heavy atom. The van der Waals surface area contributed by atoms with Crippen LogP contribution in [0.2, 0.25) is 0 Å². The zero-order valence-electron chi connectivity index (χ0n) is 13.4. The molecule has 0 atom stereocenters. The van der Waals surface area contributed by atoms with Crippen molar-refractivity contribution in [3.05, 3.63) is 64.1 Å². The Hall–Kier alpha value is -2.54. The highest BCUT2D eigenvalue weighted by Gasteiger charge is 2.17. The average Bonchev–Trinajstić information content (AvgIpc) is 3.03. The van der Waals surface area contributed by atoms with E-state index in [0.29, 0.717) is 16.7 Å². The van der Waals surface area contributed by atoms with Gasteiger partial charge in [-0.25, -0.2) is 4.98 Å². The zero-order valence-corrected chi connectivity index (χ0v) is 14.2. The highest BCUT2D eigenvalue weighted by atomic mass is 32.2. The van der Waals surface area contributed by atoms with E-state index in [0.717, 1.165) is 11.5 Å². The molecule has 2 heterocycles. The lowest BCUT2D eigenvalue weighted by Crippen LogP contribution is -2.28. The molecule has 1 amide bonds. The Labute approximate surface area is 142 Å². The molecular weight excluding hydrogens is 326 g/mol. The first-order chi connectivity index (χ1) is 11.6. The molecule has 0 aliphatic heterocycles. The van der Waals surface area contributed by atoms with Gasteiger partial charge in [0.05, 0.1) is 23.2 Å². The largest absolute Gasteiger partial charge is 0.455 e. The molecule has 0 unspecified atom stereocenters. The Balaban J connectivity index is 1.79. The predicted octanol–water partition coefficient (Wildman–Crippen LogP) is 2.65. The lowest BCUT2D eigenvalue weighted by molar-refractivity contribution is 0.0748. The lowest BCUT2D eigenvalue weighted by atomic mass is 10.2. The smallest absolute Gasteiger partial charge is 0.289 e. The van der Waals surface area contributed by atoms with Gasteiger partial charge in [-0.2, -0.15) is 11.8 Å². The SMILES string of the molecule is CSCc1ccc(C(=O)N(C)Cc2nc3ccccc3c(=O)[nH]2)o1. The van der Waals surface area contributed by atoms with Crippen molar-refractivity contribution >= 4 is 28.6 Å². The number of amides is 1. The lowest BCUT2D eigenvalue weighted by Gasteiger charge is -2.15. The molecule has 3 rings (SSSR count). The van der Waals surface area contributed by atoms with Crippen molar-refractivity contribution in [2.45, 2.75) is 12.3 Å². The van der Waals surface area contributed by atoms with Crippen molar-refractivity contribution in [1.29, 1.82) is 0 Å². The summed E-state index contributed by atoms with van der Waals surface area (Å²) in [6.07, 6.45) is 1.97. The minimum atomic E-state index is -0.252. The summed E-state index contributed by atoms with van der Waals surface area (Å²) in [4.78, 5) is 33.1. The van der Waals surface area contributed by atoms with Crippen molar-refractivity contribution in [3.63, 3.8) is 0 Å². The number of hydrogen-bond donors (Lipinski definition) is 1. The molecule has 0 aliphatic rings. The molecule has 0 saturated carbocycles. The summed E-state index contributed by atoms with van der Waals surface area (Å²) in [6, 6.07) is 10.6. The minimum absolute atomic E-state index is 0.192. The summed E-state index contributed by atoms with van der Waals surface area (Å²) in [5, 5.41) is 0.531. The number of nitrogens with one attached hydrogen (secondary N) is 1. The van der Waals surface area contributed by atoms with Crippen molar-refractivity contribution in [3.8, 4) is 0 Å². The first-order valence-corrected chi connectivity index (χ1v) is 8.79. The minimum Gasteiger partial charge on any atom is -0.455 e. The number of aromatic amines is 1. The second kappa shape index (κ2) is 6.92. The van der Waals surface area contributed by atoms with Crippen LogP contribution in [0.4, 0.5) is 0 Å². The van der Waals surface area contributed by atoms with E-state index in [2.05, 4.69) is 9.97 Å². The molecule has 1 N–H and O–H groups in total. The standard InChI is InChI=1S/C17H17N3O3S/c1-20(17(22)14-8-7-11(23-14)10-24-2)9-15-18-13-6-4-3-5-12(13)16(21)19-15/h3-8H,9-10H2,1-2H3,(H,18,19,21). The van der Waals surface area contributed by atoms with Crippen LogP contribution in [0.5, 0.6) is 0 Å². The van der Waals surface area contributed by atoms with Gasteiger partial charge in [0.25, 0.3) is 11.5 Å². The predicted molar refractivity (Wildman–Crippen MR) is 94.1 cm³/mol. The maximum absolute atomic E-state index is 12.4. The summed E-state index contributed by atoms with van der Waals surface area (Å²) in [7, 11) is 1.65. The van der Waals surface area contributed by atoms with Crippen molar-refractivity contribution < 1.29 is 9.21 Å². The van der Waals surface area contributed by atoms with E-state index in [-0.39, 0.29) is 23.8 Å². The molecule has 0 aliphatic carbocycles. The van der Waals surface area contributed by atoms with Gasteiger partial charge in [-0.3, -0.25) is 9.59 Å². The number of thioether (sulfide) groups is 1. The number of benzene rings is 1. The normalized spacial score (nSPS) is 10.9. The fourth-order valence-electron chi connectivity index (χ4n) is 2.41. The van der Waals surface area contributed by atoms with Crippen molar-refractivity contribution in [1.82, 2.24) is 14.9 Å².